The molecule has 3 aromatic rings. The first-order valence-electron chi connectivity index (χ1n) is 6.74. The molecule has 2 heterocycles. The number of benzene rings is 1. The third kappa shape index (κ3) is 2.51. The van der Waals surface area contributed by atoms with Gasteiger partial charge in [-0.1, -0.05) is 18.2 Å². The van der Waals surface area contributed by atoms with Crippen LogP contribution in [0.1, 0.15) is 24.4 Å². The fourth-order valence-corrected chi connectivity index (χ4v) is 2.33. The fourth-order valence-electron chi connectivity index (χ4n) is 2.33. The largest absolute Gasteiger partial charge is 0.344 e. The number of hydrogen-bond acceptors (Lipinski definition) is 2. The first-order chi connectivity index (χ1) is 9.74. The van der Waals surface area contributed by atoms with Crippen LogP contribution >= 0.6 is 0 Å². The van der Waals surface area contributed by atoms with Gasteiger partial charge in [-0.05, 0) is 37.3 Å². The molecule has 0 aliphatic rings. The number of para-hydroxylation sites is 1. The van der Waals surface area contributed by atoms with Gasteiger partial charge in [-0.25, -0.2) is 4.68 Å². The van der Waals surface area contributed by atoms with Crippen molar-refractivity contribution in [3.8, 4) is 5.69 Å². The Morgan fingerprint density at radius 1 is 1.05 bits per heavy atom. The van der Waals surface area contributed by atoms with Crippen molar-refractivity contribution in [2.24, 2.45) is 5.73 Å². The Morgan fingerprint density at radius 2 is 1.85 bits per heavy atom. The van der Waals surface area contributed by atoms with Crippen LogP contribution in [-0.4, -0.2) is 14.3 Å². The van der Waals surface area contributed by atoms with Crippen LogP contribution in [0.15, 0.2) is 60.9 Å². The van der Waals surface area contributed by atoms with Crippen LogP contribution in [0.2, 0.25) is 0 Å². The molecule has 0 spiro atoms. The zero-order valence-corrected chi connectivity index (χ0v) is 11.5. The van der Waals surface area contributed by atoms with E-state index in [1.165, 1.54) is 0 Å². The topological polar surface area (TPSA) is 48.8 Å². The predicted octanol–water partition coefficient (Wildman–Crippen LogP) is 2.74. The lowest BCUT2D eigenvalue weighted by molar-refractivity contribution is 0.660. The molecule has 0 aliphatic heterocycles. The average molecular weight is 266 g/mol. The van der Waals surface area contributed by atoms with Gasteiger partial charge in [0.2, 0.25) is 0 Å². The monoisotopic (exact) mass is 266 g/mol. The van der Waals surface area contributed by atoms with Crippen molar-refractivity contribution in [3.63, 3.8) is 0 Å². The van der Waals surface area contributed by atoms with Crippen LogP contribution in [0.4, 0.5) is 0 Å². The van der Waals surface area contributed by atoms with Gasteiger partial charge in [-0.15, -0.1) is 0 Å². The van der Waals surface area contributed by atoms with Gasteiger partial charge >= 0.3 is 0 Å². The zero-order chi connectivity index (χ0) is 13.9. The first kappa shape index (κ1) is 12.7. The number of nitrogens with two attached hydrogens (primary N) is 1. The second kappa shape index (κ2) is 5.35. The van der Waals surface area contributed by atoms with E-state index < -0.39 is 0 Å². The van der Waals surface area contributed by atoms with Crippen molar-refractivity contribution in [2.45, 2.75) is 19.5 Å². The smallest absolute Gasteiger partial charge is 0.0826 e. The molecule has 102 valence electrons. The SMILES string of the molecule is CC(N)c1cccn1Cc1ccn(-c2ccccc2)n1. The second-order valence-electron chi connectivity index (χ2n) is 4.94. The molecule has 0 saturated heterocycles. The van der Waals surface area contributed by atoms with Gasteiger partial charge in [0.25, 0.3) is 0 Å². The molecule has 4 heteroatoms. The number of aromatic nitrogens is 3. The van der Waals surface area contributed by atoms with Crippen molar-refractivity contribution < 1.29 is 0 Å². The normalized spacial score (nSPS) is 12.5. The lowest BCUT2D eigenvalue weighted by atomic mass is 10.2. The maximum atomic E-state index is 5.96. The number of rotatable bonds is 4. The Bertz CT molecular complexity index is 679. The van der Waals surface area contributed by atoms with Crippen molar-refractivity contribution in [2.75, 3.05) is 0 Å². The van der Waals surface area contributed by atoms with E-state index in [1.807, 2.05) is 66.5 Å². The Morgan fingerprint density at radius 3 is 2.60 bits per heavy atom. The van der Waals surface area contributed by atoms with E-state index >= 15 is 0 Å². The standard InChI is InChI=1S/C16H18N4/c1-13(17)16-8-5-10-19(16)12-14-9-11-20(18-14)15-6-3-2-4-7-15/h2-11,13H,12,17H2,1H3. The minimum atomic E-state index is 0.0289. The third-order valence-electron chi connectivity index (χ3n) is 3.33. The minimum absolute atomic E-state index is 0.0289. The summed E-state index contributed by atoms with van der Waals surface area (Å²) in [6.45, 7) is 2.73. The molecular formula is C16H18N4. The van der Waals surface area contributed by atoms with Gasteiger partial charge in [0.15, 0.2) is 0 Å². The minimum Gasteiger partial charge on any atom is -0.344 e. The summed E-state index contributed by atoms with van der Waals surface area (Å²) in [4.78, 5) is 0. The van der Waals surface area contributed by atoms with E-state index in [2.05, 4.69) is 15.7 Å². The Kier molecular flexibility index (Phi) is 3.39. The molecule has 3 rings (SSSR count). The van der Waals surface area contributed by atoms with Crippen LogP contribution in [-0.2, 0) is 6.54 Å². The molecular weight excluding hydrogens is 248 g/mol. The molecule has 1 aromatic carbocycles. The van der Waals surface area contributed by atoms with Crippen molar-refractivity contribution in [1.29, 1.82) is 0 Å². The average Bonchev–Trinajstić information content (AvgIpc) is 3.09. The highest BCUT2D eigenvalue weighted by atomic mass is 15.3. The summed E-state index contributed by atoms with van der Waals surface area (Å²) in [7, 11) is 0. The highest BCUT2D eigenvalue weighted by Crippen LogP contribution is 2.13. The molecule has 0 radical (unpaired) electrons. The Labute approximate surface area is 118 Å². The summed E-state index contributed by atoms with van der Waals surface area (Å²) in [6.07, 6.45) is 4.03. The van der Waals surface area contributed by atoms with Crippen molar-refractivity contribution in [1.82, 2.24) is 14.3 Å². The molecule has 0 aliphatic carbocycles. The Balaban J connectivity index is 1.83. The molecule has 1 unspecified atom stereocenters. The van der Waals surface area contributed by atoms with Crippen molar-refractivity contribution in [3.05, 3.63) is 72.3 Å². The van der Waals surface area contributed by atoms with Crippen LogP contribution < -0.4 is 5.73 Å². The molecule has 2 N–H and O–H groups in total. The van der Waals surface area contributed by atoms with Crippen LogP contribution in [0.5, 0.6) is 0 Å². The molecule has 4 nitrogen and oxygen atoms in total. The summed E-state index contributed by atoms with van der Waals surface area (Å²) in [5.74, 6) is 0. The lowest BCUT2D eigenvalue weighted by Crippen LogP contribution is -2.12. The van der Waals surface area contributed by atoms with E-state index in [-0.39, 0.29) is 6.04 Å². The zero-order valence-electron chi connectivity index (χ0n) is 11.5. The van der Waals surface area contributed by atoms with E-state index in [1.54, 1.807) is 0 Å². The summed E-state index contributed by atoms with van der Waals surface area (Å²) in [5, 5.41) is 4.61. The molecule has 0 amide bonds. The first-order valence-corrected chi connectivity index (χ1v) is 6.74. The molecule has 20 heavy (non-hydrogen) atoms. The summed E-state index contributed by atoms with van der Waals surface area (Å²) < 4.78 is 4.03. The van der Waals surface area contributed by atoms with Gasteiger partial charge < -0.3 is 10.3 Å². The number of nitrogens with zero attached hydrogens (tertiary/aromatic N) is 3. The fraction of sp³-hybridized carbons (Fsp3) is 0.188. The van der Waals surface area contributed by atoms with Crippen LogP contribution in [0.3, 0.4) is 0 Å². The van der Waals surface area contributed by atoms with E-state index in [0.717, 1.165) is 23.6 Å². The van der Waals surface area contributed by atoms with Gasteiger partial charge in [0.05, 0.1) is 17.9 Å². The molecule has 0 fully saturated rings. The second-order valence-corrected chi connectivity index (χ2v) is 4.94. The van der Waals surface area contributed by atoms with Gasteiger partial charge in [0, 0.05) is 24.1 Å². The van der Waals surface area contributed by atoms with Gasteiger partial charge in [-0.3, -0.25) is 0 Å². The third-order valence-corrected chi connectivity index (χ3v) is 3.33. The van der Waals surface area contributed by atoms with E-state index in [4.69, 9.17) is 5.73 Å². The quantitative estimate of drug-likeness (QED) is 0.789. The maximum Gasteiger partial charge on any atom is 0.0826 e. The molecule has 0 saturated carbocycles. The summed E-state index contributed by atoms with van der Waals surface area (Å²) >= 11 is 0. The number of hydrogen-bond donors (Lipinski definition) is 1. The molecule has 2 aromatic heterocycles. The molecule has 0 bridgehead atoms. The predicted molar refractivity (Wildman–Crippen MR) is 79.7 cm³/mol. The highest BCUT2D eigenvalue weighted by molar-refractivity contribution is 5.30. The van der Waals surface area contributed by atoms with E-state index in [0.29, 0.717) is 0 Å². The lowest BCUT2D eigenvalue weighted by Gasteiger charge is -2.10. The van der Waals surface area contributed by atoms with Crippen LogP contribution in [0, 0.1) is 0 Å². The highest BCUT2D eigenvalue weighted by Gasteiger charge is 2.07. The van der Waals surface area contributed by atoms with Crippen molar-refractivity contribution >= 4 is 0 Å². The summed E-state index contributed by atoms with van der Waals surface area (Å²) in [6, 6.07) is 16.3. The van der Waals surface area contributed by atoms with E-state index in [9.17, 15) is 0 Å². The molecule has 1 atom stereocenters. The van der Waals surface area contributed by atoms with Gasteiger partial charge in [-0.2, -0.15) is 5.10 Å². The Hall–Kier alpha value is -2.33. The van der Waals surface area contributed by atoms with Crippen LogP contribution in [0.25, 0.3) is 5.69 Å². The summed E-state index contributed by atoms with van der Waals surface area (Å²) in [5.41, 5.74) is 9.18. The maximum absolute atomic E-state index is 5.96. The van der Waals surface area contributed by atoms with Gasteiger partial charge in [0.1, 0.15) is 0 Å².